The number of primary amides is 1. The highest BCUT2D eigenvalue weighted by Crippen LogP contribution is 2.24. The maximum Gasteiger partial charge on any atom is 0.252 e. The summed E-state index contributed by atoms with van der Waals surface area (Å²) in [5.74, 6) is -0.194. The Hall–Kier alpha value is -2.41. The zero-order valence-corrected chi connectivity index (χ0v) is 18.2. The Morgan fingerprint density at radius 1 is 1.17 bits per heavy atom. The molecular weight excluding hydrogens is 380 g/mol. The Morgan fingerprint density at radius 3 is 2.57 bits per heavy atom. The van der Waals surface area contributed by atoms with E-state index in [9.17, 15) is 9.90 Å². The van der Waals surface area contributed by atoms with Crippen LogP contribution in [0.4, 0.5) is 0 Å². The highest BCUT2D eigenvalue weighted by atomic mass is 16.5. The number of hydrogen-bond donors (Lipinski definition) is 3. The predicted octanol–water partition coefficient (Wildman–Crippen LogP) is 3.24. The number of aryl methyl sites for hydroxylation is 1. The van der Waals surface area contributed by atoms with Crippen LogP contribution in [0.3, 0.4) is 0 Å². The Bertz CT molecular complexity index is 793. The normalized spacial score (nSPS) is 12.5. The second-order valence-electron chi connectivity index (χ2n) is 7.93. The van der Waals surface area contributed by atoms with E-state index in [0.29, 0.717) is 37.7 Å². The van der Waals surface area contributed by atoms with E-state index < -0.39 is 12.0 Å². The van der Waals surface area contributed by atoms with Gasteiger partial charge in [0.15, 0.2) is 0 Å². The van der Waals surface area contributed by atoms with Crippen LogP contribution in [0.5, 0.6) is 5.75 Å². The van der Waals surface area contributed by atoms with E-state index in [2.05, 4.69) is 31.3 Å². The minimum atomic E-state index is -0.767. The van der Waals surface area contributed by atoms with Gasteiger partial charge in [-0.05, 0) is 56.9 Å². The third kappa shape index (κ3) is 7.78. The second kappa shape index (κ2) is 11.7. The van der Waals surface area contributed by atoms with Crippen molar-refractivity contribution in [1.29, 1.82) is 0 Å². The van der Waals surface area contributed by atoms with Gasteiger partial charge in [-0.25, -0.2) is 0 Å². The summed E-state index contributed by atoms with van der Waals surface area (Å²) in [5, 5.41) is 14.1. The number of rotatable bonds is 13. The average molecular weight is 415 g/mol. The Morgan fingerprint density at radius 2 is 1.90 bits per heavy atom. The lowest BCUT2D eigenvalue weighted by Gasteiger charge is -2.28. The quantitative estimate of drug-likeness (QED) is 0.438. The van der Waals surface area contributed by atoms with Crippen LogP contribution in [0.2, 0.25) is 0 Å². The van der Waals surface area contributed by atoms with Crippen molar-refractivity contribution in [2.75, 3.05) is 26.4 Å². The number of nitrogens with two attached hydrogens (primary N) is 1. The maximum atomic E-state index is 11.8. The maximum absolute atomic E-state index is 11.8. The molecule has 0 aliphatic heterocycles. The Labute approximate surface area is 179 Å². The van der Waals surface area contributed by atoms with Crippen molar-refractivity contribution in [3.8, 4) is 5.75 Å². The van der Waals surface area contributed by atoms with E-state index in [1.165, 1.54) is 5.56 Å². The van der Waals surface area contributed by atoms with Crippen LogP contribution in [0.25, 0.3) is 0 Å². The molecule has 4 N–H and O–H groups in total. The summed E-state index contributed by atoms with van der Waals surface area (Å²) >= 11 is 0. The van der Waals surface area contributed by atoms with Crippen molar-refractivity contribution in [1.82, 2.24) is 5.32 Å². The summed E-state index contributed by atoms with van der Waals surface area (Å²) in [6, 6.07) is 15.4. The van der Waals surface area contributed by atoms with Gasteiger partial charge in [0.05, 0.1) is 18.3 Å². The molecule has 0 spiro atoms. The number of hydrogen-bond acceptors (Lipinski definition) is 5. The largest absolute Gasteiger partial charge is 0.490 e. The topological polar surface area (TPSA) is 93.8 Å². The summed E-state index contributed by atoms with van der Waals surface area (Å²) < 4.78 is 10.8. The lowest BCUT2D eigenvalue weighted by atomic mass is 9.94. The zero-order valence-electron chi connectivity index (χ0n) is 18.2. The number of β-amino-alcohol motifs (C(OH)–C–C–N with tert-alkyl or cyclic N) is 1. The lowest BCUT2D eigenvalue weighted by molar-refractivity contribution is 0.0978. The van der Waals surface area contributed by atoms with Gasteiger partial charge in [0.2, 0.25) is 0 Å². The zero-order chi connectivity index (χ0) is 22.0. The molecule has 0 bridgehead atoms. The number of aliphatic hydroxyl groups excluding tert-OH is 1. The first kappa shape index (κ1) is 23.9. The first-order chi connectivity index (χ1) is 14.3. The van der Waals surface area contributed by atoms with Crippen LogP contribution in [0.15, 0.2) is 48.5 Å². The smallest absolute Gasteiger partial charge is 0.252 e. The minimum absolute atomic E-state index is 0.147. The van der Waals surface area contributed by atoms with Gasteiger partial charge in [0.25, 0.3) is 5.91 Å². The molecule has 2 aromatic rings. The number of ether oxygens (including phenoxy) is 2. The number of nitrogens with one attached hydrogen (secondary N) is 1. The molecular formula is C24H34N2O4. The van der Waals surface area contributed by atoms with E-state index >= 15 is 0 Å². The first-order valence-electron chi connectivity index (χ1n) is 10.4. The van der Waals surface area contributed by atoms with E-state index in [0.717, 1.165) is 12.8 Å². The van der Waals surface area contributed by atoms with Crippen LogP contribution in [-0.2, 0) is 11.2 Å². The molecule has 0 fully saturated rings. The van der Waals surface area contributed by atoms with Gasteiger partial charge in [0.1, 0.15) is 12.4 Å². The van der Waals surface area contributed by atoms with E-state index in [1.807, 2.05) is 25.1 Å². The number of aliphatic hydroxyl groups is 1. The highest BCUT2D eigenvalue weighted by Gasteiger charge is 2.20. The molecule has 0 saturated carbocycles. The monoisotopic (exact) mass is 414 g/mol. The fourth-order valence-corrected chi connectivity index (χ4v) is 3.11. The molecule has 164 valence electrons. The van der Waals surface area contributed by atoms with Crippen LogP contribution in [-0.4, -0.2) is 42.9 Å². The minimum Gasteiger partial charge on any atom is -0.490 e. The molecule has 1 unspecified atom stereocenters. The van der Waals surface area contributed by atoms with Gasteiger partial charge in [-0.15, -0.1) is 0 Å². The summed E-state index contributed by atoms with van der Waals surface area (Å²) in [6.45, 7) is 7.87. The van der Waals surface area contributed by atoms with Crippen LogP contribution in [0, 0.1) is 0 Å². The summed E-state index contributed by atoms with van der Waals surface area (Å²) in [4.78, 5) is 11.8. The fourth-order valence-electron chi connectivity index (χ4n) is 3.11. The van der Waals surface area contributed by atoms with Gasteiger partial charge in [-0.2, -0.15) is 0 Å². The molecule has 6 heteroatoms. The van der Waals surface area contributed by atoms with E-state index in [4.69, 9.17) is 15.2 Å². The van der Waals surface area contributed by atoms with E-state index in [-0.39, 0.29) is 11.1 Å². The molecule has 6 nitrogen and oxygen atoms in total. The SMILES string of the molecule is CCOCCOc1ccc(C(O)CNC(C)(C)CCc2ccccc2)cc1C(N)=O. The summed E-state index contributed by atoms with van der Waals surface area (Å²) in [5.41, 5.74) is 7.52. The van der Waals surface area contributed by atoms with Gasteiger partial charge in [-0.1, -0.05) is 36.4 Å². The molecule has 0 radical (unpaired) electrons. The summed E-state index contributed by atoms with van der Waals surface area (Å²) in [6.07, 6.45) is 1.12. The molecule has 0 heterocycles. The molecule has 30 heavy (non-hydrogen) atoms. The Balaban J connectivity index is 1.94. The molecule has 1 atom stereocenters. The van der Waals surface area contributed by atoms with Crippen LogP contribution < -0.4 is 15.8 Å². The number of amides is 1. The van der Waals surface area contributed by atoms with E-state index in [1.54, 1.807) is 18.2 Å². The first-order valence-corrected chi connectivity index (χ1v) is 10.4. The fraction of sp³-hybridized carbons (Fsp3) is 0.458. The van der Waals surface area contributed by atoms with Crippen molar-refractivity contribution in [2.24, 2.45) is 5.73 Å². The van der Waals surface area contributed by atoms with Crippen molar-refractivity contribution >= 4 is 5.91 Å². The van der Waals surface area contributed by atoms with Crippen LogP contribution >= 0.6 is 0 Å². The standard InChI is InChI=1S/C24H34N2O4/c1-4-29-14-15-30-22-11-10-19(16-20(22)23(25)28)21(27)17-26-24(2,3)13-12-18-8-6-5-7-9-18/h5-11,16,21,26-27H,4,12-15,17H2,1-3H3,(H2,25,28). The number of benzene rings is 2. The molecule has 0 aliphatic rings. The molecule has 0 aliphatic carbocycles. The summed E-state index contributed by atoms with van der Waals surface area (Å²) in [7, 11) is 0. The average Bonchev–Trinajstić information content (AvgIpc) is 2.74. The molecule has 2 aromatic carbocycles. The van der Waals surface area contributed by atoms with Gasteiger partial charge in [-0.3, -0.25) is 4.79 Å². The van der Waals surface area contributed by atoms with Crippen molar-refractivity contribution in [2.45, 2.75) is 45.3 Å². The van der Waals surface area contributed by atoms with Gasteiger partial charge in [0, 0.05) is 18.7 Å². The van der Waals surface area contributed by atoms with Crippen molar-refractivity contribution < 1.29 is 19.4 Å². The molecule has 1 amide bonds. The Kier molecular flexibility index (Phi) is 9.30. The second-order valence-corrected chi connectivity index (χ2v) is 7.93. The third-order valence-electron chi connectivity index (χ3n) is 5.00. The molecule has 0 saturated heterocycles. The number of carbonyl (C=O) groups is 1. The number of carbonyl (C=O) groups excluding carboxylic acids is 1. The predicted molar refractivity (Wildman–Crippen MR) is 119 cm³/mol. The molecule has 2 rings (SSSR count). The van der Waals surface area contributed by atoms with Crippen molar-refractivity contribution in [3.63, 3.8) is 0 Å². The van der Waals surface area contributed by atoms with Crippen molar-refractivity contribution in [3.05, 3.63) is 65.2 Å². The van der Waals surface area contributed by atoms with Gasteiger partial charge < -0.3 is 25.6 Å². The lowest BCUT2D eigenvalue weighted by Crippen LogP contribution is -2.42. The van der Waals surface area contributed by atoms with Crippen LogP contribution in [0.1, 0.15) is 54.8 Å². The van der Waals surface area contributed by atoms with Gasteiger partial charge >= 0.3 is 0 Å². The molecule has 0 aromatic heterocycles. The third-order valence-corrected chi connectivity index (χ3v) is 5.00. The highest BCUT2D eigenvalue weighted by molar-refractivity contribution is 5.95.